The van der Waals surface area contributed by atoms with Crippen LogP contribution in [-0.4, -0.2) is 33.6 Å². The normalized spacial score (nSPS) is 18.2. The summed E-state index contributed by atoms with van der Waals surface area (Å²) in [4.78, 5) is 40.9. The van der Waals surface area contributed by atoms with Crippen molar-refractivity contribution in [1.82, 2.24) is 4.98 Å². The minimum Gasteiger partial charge on any atom is -0.481 e. The lowest BCUT2D eigenvalue weighted by Gasteiger charge is -2.27. The van der Waals surface area contributed by atoms with E-state index in [4.69, 9.17) is 0 Å². The Morgan fingerprint density at radius 3 is 2.50 bits per heavy atom. The van der Waals surface area contributed by atoms with Crippen LogP contribution in [0.25, 0.3) is 10.2 Å². The quantitative estimate of drug-likeness (QED) is 0.427. The topological polar surface area (TPSA) is 108 Å². The van der Waals surface area contributed by atoms with Crippen LogP contribution in [-0.2, 0) is 14.4 Å². The number of carboxylic acids is 1. The zero-order chi connectivity index (χ0) is 22.5. The molecule has 0 saturated heterocycles. The summed E-state index contributed by atoms with van der Waals surface area (Å²) in [5.74, 6) is -2.13. The smallest absolute Gasteiger partial charge is 0.307 e. The van der Waals surface area contributed by atoms with Crippen molar-refractivity contribution in [1.29, 1.82) is 0 Å². The van der Waals surface area contributed by atoms with Gasteiger partial charge in [0, 0.05) is 11.4 Å². The molecule has 3 N–H and O–H groups in total. The molecule has 2 amide bonds. The Balaban J connectivity index is 1.37. The van der Waals surface area contributed by atoms with Crippen molar-refractivity contribution >= 4 is 62.5 Å². The average Bonchev–Trinajstić information content (AvgIpc) is 3.20. The summed E-state index contributed by atoms with van der Waals surface area (Å²) in [6, 6.07) is 14.7. The van der Waals surface area contributed by atoms with Crippen LogP contribution in [0.5, 0.6) is 0 Å². The van der Waals surface area contributed by atoms with Crippen LogP contribution in [0.15, 0.2) is 52.9 Å². The first-order chi connectivity index (χ1) is 15.5. The fraction of sp³-hybridized carbons (Fsp3) is 0.304. The number of thiazole rings is 1. The van der Waals surface area contributed by atoms with Crippen molar-refractivity contribution in [3.8, 4) is 0 Å². The molecule has 0 aliphatic heterocycles. The molecule has 1 aliphatic rings. The Hall–Kier alpha value is -2.91. The molecule has 1 heterocycles. The zero-order valence-corrected chi connectivity index (χ0v) is 18.9. The summed E-state index contributed by atoms with van der Waals surface area (Å²) >= 11 is 2.82. The van der Waals surface area contributed by atoms with Gasteiger partial charge in [0.25, 0.3) is 0 Å². The first kappa shape index (κ1) is 22.3. The lowest BCUT2D eigenvalue weighted by atomic mass is 9.78. The molecule has 7 nitrogen and oxygen atoms in total. The van der Waals surface area contributed by atoms with E-state index in [0.717, 1.165) is 33.1 Å². The molecule has 0 radical (unpaired) electrons. The molecule has 4 rings (SSSR count). The summed E-state index contributed by atoms with van der Waals surface area (Å²) < 4.78 is 1.66. The molecular formula is C23H23N3O4S2. The van der Waals surface area contributed by atoms with Crippen LogP contribution in [0, 0.1) is 11.8 Å². The third-order valence-corrected chi connectivity index (χ3v) is 7.60. The third kappa shape index (κ3) is 5.46. The summed E-state index contributed by atoms with van der Waals surface area (Å²) in [6.07, 6.45) is 2.85. The molecule has 0 unspecified atom stereocenters. The number of thioether (sulfide) groups is 1. The van der Waals surface area contributed by atoms with Crippen molar-refractivity contribution in [3.63, 3.8) is 0 Å². The van der Waals surface area contributed by atoms with Gasteiger partial charge in [-0.2, -0.15) is 0 Å². The summed E-state index contributed by atoms with van der Waals surface area (Å²) in [5.41, 5.74) is 2.17. The number of para-hydroxylation sites is 1. The molecule has 0 bridgehead atoms. The van der Waals surface area contributed by atoms with Gasteiger partial charge in [0.15, 0.2) is 4.34 Å². The molecule has 166 valence electrons. The number of amides is 2. The van der Waals surface area contributed by atoms with Crippen LogP contribution in [0.1, 0.15) is 25.7 Å². The third-order valence-electron chi connectivity index (χ3n) is 5.44. The lowest BCUT2D eigenvalue weighted by Crippen LogP contribution is -2.36. The van der Waals surface area contributed by atoms with Crippen LogP contribution in [0.2, 0.25) is 0 Å². The van der Waals surface area contributed by atoms with Crippen LogP contribution in [0.4, 0.5) is 11.4 Å². The minimum absolute atomic E-state index is 0.103. The van der Waals surface area contributed by atoms with Crippen molar-refractivity contribution in [2.75, 3.05) is 16.4 Å². The Bertz CT molecular complexity index is 1130. The van der Waals surface area contributed by atoms with E-state index in [2.05, 4.69) is 15.6 Å². The summed E-state index contributed by atoms with van der Waals surface area (Å²) in [7, 11) is 0. The van der Waals surface area contributed by atoms with Gasteiger partial charge >= 0.3 is 5.97 Å². The van der Waals surface area contributed by atoms with Gasteiger partial charge in [0.05, 0.1) is 27.8 Å². The van der Waals surface area contributed by atoms with Gasteiger partial charge in [-0.3, -0.25) is 14.4 Å². The second-order valence-electron chi connectivity index (χ2n) is 7.69. The molecule has 2 atom stereocenters. The molecular weight excluding hydrogens is 446 g/mol. The predicted molar refractivity (Wildman–Crippen MR) is 127 cm³/mol. The number of hydrogen-bond acceptors (Lipinski definition) is 6. The Labute approximate surface area is 193 Å². The van der Waals surface area contributed by atoms with Gasteiger partial charge in [-0.05, 0) is 43.2 Å². The first-order valence-electron chi connectivity index (χ1n) is 10.4. The molecule has 1 aliphatic carbocycles. The van der Waals surface area contributed by atoms with E-state index in [1.807, 2.05) is 42.5 Å². The molecule has 32 heavy (non-hydrogen) atoms. The molecule has 3 aromatic rings. The number of nitrogens with zero attached hydrogens (tertiary/aromatic N) is 1. The highest BCUT2D eigenvalue weighted by Crippen LogP contribution is 2.33. The van der Waals surface area contributed by atoms with Crippen molar-refractivity contribution < 1.29 is 19.5 Å². The molecule has 9 heteroatoms. The SMILES string of the molecule is O=C(CSc1nc2ccc(NC(=O)[C@H]3CCCC[C@H]3C(=O)O)cc2s1)Nc1ccccc1. The van der Waals surface area contributed by atoms with Gasteiger partial charge in [0.2, 0.25) is 11.8 Å². The largest absolute Gasteiger partial charge is 0.481 e. The first-order valence-corrected chi connectivity index (χ1v) is 12.2. The second kappa shape index (κ2) is 10.1. The highest BCUT2D eigenvalue weighted by molar-refractivity contribution is 8.01. The standard InChI is InChI=1S/C23H23N3O4S2/c27-20(24-14-6-2-1-3-7-14)13-31-23-26-18-11-10-15(12-19(18)32-23)25-21(28)16-8-4-5-9-17(16)22(29)30/h1-3,6-7,10-12,16-17H,4-5,8-9,13H2,(H,24,27)(H,25,28)(H,29,30)/t16-,17+/m0/s1. The van der Waals surface area contributed by atoms with Gasteiger partial charge in [-0.1, -0.05) is 42.8 Å². The number of anilines is 2. The molecule has 1 fully saturated rings. The van der Waals surface area contributed by atoms with E-state index in [1.165, 1.54) is 23.1 Å². The number of carbonyl (C=O) groups is 3. The molecule has 1 aromatic heterocycles. The van der Waals surface area contributed by atoms with Crippen LogP contribution < -0.4 is 10.6 Å². The van der Waals surface area contributed by atoms with Crippen LogP contribution >= 0.6 is 23.1 Å². The number of aromatic nitrogens is 1. The van der Waals surface area contributed by atoms with Gasteiger partial charge in [-0.25, -0.2) is 4.98 Å². The van der Waals surface area contributed by atoms with E-state index >= 15 is 0 Å². The number of rotatable bonds is 7. The number of nitrogens with one attached hydrogen (secondary N) is 2. The van der Waals surface area contributed by atoms with E-state index in [0.29, 0.717) is 18.5 Å². The van der Waals surface area contributed by atoms with Crippen molar-refractivity contribution in [2.45, 2.75) is 30.0 Å². The number of carbonyl (C=O) groups excluding carboxylic acids is 2. The second-order valence-corrected chi connectivity index (χ2v) is 9.94. The lowest BCUT2D eigenvalue weighted by molar-refractivity contribution is -0.147. The maximum Gasteiger partial charge on any atom is 0.307 e. The van der Waals surface area contributed by atoms with E-state index in [-0.39, 0.29) is 17.6 Å². The summed E-state index contributed by atoms with van der Waals surface area (Å²) in [5, 5.41) is 15.2. The Kier molecular flexibility index (Phi) is 7.06. The number of carboxylic acid groups (broad SMARTS) is 1. The number of aliphatic carboxylic acids is 1. The minimum atomic E-state index is -0.902. The van der Waals surface area contributed by atoms with Crippen LogP contribution in [0.3, 0.4) is 0 Å². The Morgan fingerprint density at radius 1 is 1.00 bits per heavy atom. The van der Waals surface area contributed by atoms with Gasteiger partial charge in [0.1, 0.15) is 0 Å². The van der Waals surface area contributed by atoms with E-state index in [9.17, 15) is 19.5 Å². The molecule has 0 spiro atoms. The monoisotopic (exact) mass is 469 g/mol. The van der Waals surface area contributed by atoms with E-state index in [1.54, 1.807) is 6.07 Å². The average molecular weight is 470 g/mol. The summed E-state index contributed by atoms with van der Waals surface area (Å²) in [6.45, 7) is 0. The fourth-order valence-electron chi connectivity index (χ4n) is 3.86. The predicted octanol–water partition coefficient (Wildman–Crippen LogP) is 4.86. The highest BCUT2D eigenvalue weighted by atomic mass is 32.2. The van der Waals surface area contributed by atoms with Crippen molar-refractivity contribution in [2.24, 2.45) is 11.8 Å². The van der Waals surface area contributed by atoms with Gasteiger partial charge in [-0.15, -0.1) is 11.3 Å². The molecule has 1 saturated carbocycles. The number of fused-ring (bicyclic) bond motifs is 1. The zero-order valence-electron chi connectivity index (χ0n) is 17.2. The Morgan fingerprint density at radius 2 is 1.75 bits per heavy atom. The maximum atomic E-state index is 12.7. The maximum absolute atomic E-state index is 12.7. The van der Waals surface area contributed by atoms with Gasteiger partial charge < -0.3 is 15.7 Å². The number of benzene rings is 2. The molecule has 2 aromatic carbocycles. The fourth-order valence-corrected chi connectivity index (χ4v) is 5.77. The number of hydrogen-bond donors (Lipinski definition) is 3. The van der Waals surface area contributed by atoms with E-state index < -0.39 is 17.8 Å². The highest BCUT2D eigenvalue weighted by Gasteiger charge is 2.35. The van der Waals surface area contributed by atoms with Crippen molar-refractivity contribution in [3.05, 3.63) is 48.5 Å².